The molecule has 0 spiro atoms. The van der Waals surface area contributed by atoms with Crippen LogP contribution in [0.3, 0.4) is 0 Å². The van der Waals surface area contributed by atoms with Crippen LogP contribution in [-0.4, -0.2) is 48.1 Å². The van der Waals surface area contributed by atoms with E-state index < -0.39 is 5.97 Å². The van der Waals surface area contributed by atoms with Crippen LogP contribution in [0.4, 0.5) is 0 Å². The molecule has 0 heterocycles. The van der Waals surface area contributed by atoms with Crippen LogP contribution in [0, 0.1) is 0 Å². The molecule has 0 aromatic heterocycles. The quantitative estimate of drug-likeness (QED) is 0.739. The van der Waals surface area contributed by atoms with Gasteiger partial charge in [0.2, 0.25) is 5.91 Å². The van der Waals surface area contributed by atoms with Gasteiger partial charge in [-0.05, 0) is 40.8 Å². The van der Waals surface area contributed by atoms with E-state index in [9.17, 15) is 9.59 Å². The lowest BCUT2D eigenvalue weighted by molar-refractivity contribution is -0.133. The Bertz CT molecular complexity index is 393. The standard InChI is InChI=1S/C14H24N2O3/c1-10(11(2)13(18)19)12(17)15-9-14(16(3)4)7-5-6-8-14/h5-9H2,1-4H3,(H,15,17)(H,18,19). The van der Waals surface area contributed by atoms with E-state index in [1.807, 2.05) is 14.1 Å². The number of amides is 1. The van der Waals surface area contributed by atoms with Crippen LogP contribution in [0.2, 0.25) is 0 Å². The molecule has 0 atom stereocenters. The molecule has 5 heteroatoms. The molecule has 19 heavy (non-hydrogen) atoms. The zero-order valence-electron chi connectivity index (χ0n) is 12.2. The smallest absolute Gasteiger partial charge is 0.331 e. The molecular weight excluding hydrogens is 244 g/mol. The van der Waals surface area contributed by atoms with Gasteiger partial charge < -0.3 is 15.3 Å². The van der Waals surface area contributed by atoms with Crippen molar-refractivity contribution >= 4 is 11.9 Å². The SMILES string of the molecule is CC(C(=O)O)=C(C)C(=O)NCC1(N(C)C)CCCC1. The molecule has 1 aliphatic carbocycles. The number of carboxylic acids is 1. The molecule has 1 rings (SSSR count). The predicted octanol–water partition coefficient (Wildman–Crippen LogP) is 1.40. The molecular formula is C14H24N2O3. The maximum absolute atomic E-state index is 12.0. The van der Waals surface area contributed by atoms with Gasteiger partial charge in [-0.2, -0.15) is 0 Å². The van der Waals surface area contributed by atoms with Crippen molar-refractivity contribution in [1.29, 1.82) is 0 Å². The van der Waals surface area contributed by atoms with E-state index in [4.69, 9.17) is 5.11 Å². The Balaban J connectivity index is 2.68. The fourth-order valence-electron chi connectivity index (χ4n) is 2.52. The number of likely N-dealkylation sites (N-methyl/N-ethyl adjacent to an activating group) is 1. The summed E-state index contributed by atoms with van der Waals surface area (Å²) in [5, 5.41) is 11.8. The van der Waals surface area contributed by atoms with Gasteiger partial charge in [0.1, 0.15) is 0 Å². The molecule has 5 nitrogen and oxygen atoms in total. The van der Waals surface area contributed by atoms with Gasteiger partial charge in [0.15, 0.2) is 0 Å². The first-order valence-corrected chi connectivity index (χ1v) is 6.66. The van der Waals surface area contributed by atoms with Gasteiger partial charge in [-0.3, -0.25) is 4.79 Å². The van der Waals surface area contributed by atoms with Gasteiger partial charge in [0, 0.05) is 23.2 Å². The van der Waals surface area contributed by atoms with Crippen molar-refractivity contribution in [2.75, 3.05) is 20.6 Å². The minimum absolute atomic E-state index is 0.0209. The average Bonchev–Trinajstić information content (AvgIpc) is 2.84. The Hall–Kier alpha value is -1.36. The highest BCUT2D eigenvalue weighted by molar-refractivity contribution is 6.01. The highest BCUT2D eigenvalue weighted by atomic mass is 16.4. The van der Waals surface area contributed by atoms with Crippen LogP contribution < -0.4 is 5.32 Å². The zero-order chi connectivity index (χ0) is 14.6. The fraction of sp³-hybridized carbons (Fsp3) is 0.714. The van der Waals surface area contributed by atoms with Crippen LogP contribution in [0.5, 0.6) is 0 Å². The third kappa shape index (κ3) is 3.56. The topological polar surface area (TPSA) is 69.6 Å². The van der Waals surface area contributed by atoms with Gasteiger partial charge in [-0.25, -0.2) is 4.79 Å². The normalized spacial score (nSPS) is 19.2. The molecule has 1 aliphatic rings. The molecule has 0 saturated heterocycles. The number of rotatable bonds is 5. The molecule has 0 aromatic carbocycles. The summed E-state index contributed by atoms with van der Waals surface area (Å²) < 4.78 is 0. The van der Waals surface area contributed by atoms with Gasteiger partial charge in [0.25, 0.3) is 0 Å². The minimum Gasteiger partial charge on any atom is -0.478 e. The van der Waals surface area contributed by atoms with Crippen molar-refractivity contribution in [2.45, 2.75) is 45.1 Å². The van der Waals surface area contributed by atoms with Gasteiger partial charge in [0.05, 0.1) is 0 Å². The number of nitrogens with zero attached hydrogens (tertiary/aromatic N) is 1. The maximum atomic E-state index is 12.0. The van der Waals surface area contributed by atoms with E-state index in [0.29, 0.717) is 6.54 Å². The third-order valence-corrected chi connectivity index (χ3v) is 4.28. The minimum atomic E-state index is -1.05. The second-order valence-electron chi connectivity index (χ2n) is 5.56. The molecule has 0 radical (unpaired) electrons. The number of carboxylic acid groups (broad SMARTS) is 1. The Morgan fingerprint density at radius 2 is 1.68 bits per heavy atom. The van der Waals surface area contributed by atoms with E-state index in [2.05, 4.69) is 10.2 Å². The molecule has 1 saturated carbocycles. The van der Waals surface area contributed by atoms with Crippen molar-refractivity contribution in [3.63, 3.8) is 0 Å². The number of carbonyl (C=O) groups is 2. The molecule has 0 aromatic rings. The van der Waals surface area contributed by atoms with Crippen molar-refractivity contribution in [1.82, 2.24) is 10.2 Å². The lowest BCUT2D eigenvalue weighted by Crippen LogP contribution is -2.51. The first kappa shape index (κ1) is 15.7. The van der Waals surface area contributed by atoms with Gasteiger partial charge in [-0.1, -0.05) is 12.8 Å². The highest BCUT2D eigenvalue weighted by Crippen LogP contribution is 2.33. The number of hydrogen-bond acceptors (Lipinski definition) is 3. The first-order chi connectivity index (χ1) is 8.80. The Labute approximate surface area is 114 Å². The second-order valence-corrected chi connectivity index (χ2v) is 5.56. The maximum Gasteiger partial charge on any atom is 0.331 e. The van der Waals surface area contributed by atoms with Crippen molar-refractivity contribution in [2.24, 2.45) is 0 Å². The second kappa shape index (κ2) is 6.19. The summed E-state index contributed by atoms with van der Waals surface area (Å²) >= 11 is 0. The average molecular weight is 268 g/mol. The third-order valence-electron chi connectivity index (χ3n) is 4.28. The zero-order valence-corrected chi connectivity index (χ0v) is 12.2. The lowest BCUT2D eigenvalue weighted by Gasteiger charge is -2.36. The predicted molar refractivity (Wildman–Crippen MR) is 73.9 cm³/mol. The van der Waals surface area contributed by atoms with E-state index in [0.717, 1.165) is 12.8 Å². The molecule has 1 fully saturated rings. The number of aliphatic carboxylic acids is 1. The summed E-state index contributed by atoms with van der Waals surface area (Å²) in [5.41, 5.74) is 0.398. The lowest BCUT2D eigenvalue weighted by atomic mass is 9.96. The summed E-state index contributed by atoms with van der Waals surface area (Å²) in [7, 11) is 4.06. The molecule has 108 valence electrons. The summed E-state index contributed by atoms with van der Waals surface area (Å²) in [6.45, 7) is 3.58. The van der Waals surface area contributed by atoms with Crippen molar-refractivity contribution in [3.05, 3.63) is 11.1 Å². The Kier molecular flexibility index (Phi) is 5.11. The van der Waals surface area contributed by atoms with Gasteiger partial charge >= 0.3 is 5.97 Å². The molecule has 2 N–H and O–H groups in total. The number of hydrogen-bond donors (Lipinski definition) is 2. The fourth-order valence-corrected chi connectivity index (χ4v) is 2.52. The van der Waals surface area contributed by atoms with Crippen LogP contribution in [0.15, 0.2) is 11.1 Å². The number of carbonyl (C=O) groups excluding carboxylic acids is 1. The van der Waals surface area contributed by atoms with E-state index in [1.54, 1.807) is 6.92 Å². The largest absolute Gasteiger partial charge is 0.478 e. The van der Waals surface area contributed by atoms with Crippen LogP contribution in [-0.2, 0) is 9.59 Å². The highest BCUT2D eigenvalue weighted by Gasteiger charge is 2.36. The number of nitrogens with one attached hydrogen (secondary N) is 1. The summed E-state index contributed by atoms with van der Waals surface area (Å²) in [5.74, 6) is -1.33. The van der Waals surface area contributed by atoms with Crippen LogP contribution >= 0.6 is 0 Å². The van der Waals surface area contributed by atoms with E-state index in [-0.39, 0.29) is 22.6 Å². The summed E-state index contributed by atoms with van der Waals surface area (Å²) in [6.07, 6.45) is 4.50. The van der Waals surface area contributed by atoms with Gasteiger partial charge in [-0.15, -0.1) is 0 Å². The molecule has 0 unspecified atom stereocenters. The Morgan fingerprint density at radius 3 is 2.11 bits per heavy atom. The summed E-state index contributed by atoms with van der Waals surface area (Å²) in [4.78, 5) is 25.0. The first-order valence-electron chi connectivity index (χ1n) is 6.66. The summed E-state index contributed by atoms with van der Waals surface area (Å²) in [6, 6.07) is 0. The van der Waals surface area contributed by atoms with Crippen molar-refractivity contribution < 1.29 is 14.7 Å². The monoisotopic (exact) mass is 268 g/mol. The van der Waals surface area contributed by atoms with Crippen LogP contribution in [0.1, 0.15) is 39.5 Å². The Morgan fingerprint density at radius 1 is 1.16 bits per heavy atom. The molecule has 0 aliphatic heterocycles. The van der Waals surface area contributed by atoms with E-state index >= 15 is 0 Å². The van der Waals surface area contributed by atoms with E-state index in [1.165, 1.54) is 19.8 Å². The molecule has 1 amide bonds. The molecule has 0 bridgehead atoms. The van der Waals surface area contributed by atoms with Crippen molar-refractivity contribution in [3.8, 4) is 0 Å². The van der Waals surface area contributed by atoms with Crippen LogP contribution in [0.25, 0.3) is 0 Å².